The summed E-state index contributed by atoms with van der Waals surface area (Å²) in [5, 5.41) is 0. The van der Waals surface area contributed by atoms with Gasteiger partial charge < -0.3 is 0 Å². The lowest BCUT2D eigenvalue weighted by Gasteiger charge is -2.56. The molecule has 1 aromatic carbocycles. The first kappa shape index (κ1) is 19.2. The van der Waals surface area contributed by atoms with E-state index in [1.165, 1.54) is 31.0 Å². The fraction of sp³-hybridized carbons (Fsp3) is 0.522. The van der Waals surface area contributed by atoms with Gasteiger partial charge in [0.05, 0.1) is 0 Å². The minimum absolute atomic E-state index is 0.320. The van der Waals surface area contributed by atoms with Gasteiger partial charge in [0, 0.05) is 37.6 Å². The third kappa shape index (κ3) is 3.62. The molecule has 1 aromatic heterocycles. The Kier molecular flexibility index (Phi) is 5.18. The molecule has 2 aromatic rings. The summed E-state index contributed by atoms with van der Waals surface area (Å²) in [7, 11) is -3.49. The van der Waals surface area contributed by atoms with Crippen LogP contribution in [-0.2, 0) is 16.4 Å². The molecule has 5 rings (SSSR count). The van der Waals surface area contributed by atoms with Gasteiger partial charge in [-0.25, -0.2) is 8.42 Å². The van der Waals surface area contributed by atoms with Crippen LogP contribution in [0.5, 0.6) is 0 Å². The molecule has 5 nitrogen and oxygen atoms in total. The van der Waals surface area contributed by atoms with Crippen LogP contribution in [-0.4, -0.2) is 54.3 Å². The molecule has 4 heterocycles. The van der Waals surface area contributed by atoms with E-state index in [-0.39, 0.29) is 0 Å². The van der Waals surface area contributed by atoms with E-state index in [4.69, 9.17) is 0 Å². The van der Waals surface area contributed by atoms with E-state index in [1.807, 2.05) is 0 Å². The van der Waals surface area contributed by atoms with Crippen molar-refractivity contribution >= 4 is 10.0 Å². The van der Waals surface area contributed by atoms with E-state index < -0.39 is 10.0 Å². The topological polar surface area (TPSA) is 53.5 Å². The van der Waals surface area contributed by atoms with Crippen molar-refractivity contribution in [2.24, 2.45) is 11.8 Å². The van der Waals surface area contributed by atoms with E-state index in [0.29, 0.717) is 41.9 Å². The lowest BCUT2D eigenvalue weighted by molar-refractivity contribution is -0.0550. The van der Waals surface area contributed by atoms with Crippen LogP contribution in [0.2, 0.25) is 0 Å². The Hall–Kier alpha value is -1.76. The van der Waals surface area contributed by atoms with Crippen molar-refractivity contribution in [3.05, 3.63) is 60.4 Å². The second-order valence-electron chi connectivity index (χ2n) is 8.82. The van der Waals surface area contributed by atoms with E-state index in [9.17, 15) is 8.42 Å². The Morgan fingerprint density at radius 3 is 2.62 bits per heavy atom. The maximum Gasteiger partial charge on any atom is 0.244 e. The maximum absolute atomic E-state index is 13.3. The summed E-state index contributed by atoms with van der Waals surface area (Å²) >= 11 is 0. The van der Waals surface area contributed by atoms with Gasteiger partial charge in [-0.05, 0) is 61.8 Å². The minimum atomic E-state index is -3.49. The third-order valence-electron chi connectivity index (χ3n) is 7.15. The van der Waals surface area contributed by atoms with Crippen LogP contribution in [0.4, 0.5) is 0 Å². The van der Waals surface area contributed by atoms with Gasteiger partial charge in [0.25, 0.3) is 0 Å². The van der Waals surface area contributed by atoms with Crippen molar-refractivity contribution < 1.29 is 8.42 Å². The molecule has 3 fully saturated rings. The second-order valence-corrected chi connectivity index (χ2v) is 10.8. The minimum Gasteiger partial charge on any atom is -0.296 e. The number of fused-ring (bicyclic) bond motifs is 4. The molecule has 2 bridgehead atoms. The molecule has 0 amide bonds. The van der Waals surface area contributed by atoms with Crippen LogP contribution >= 0.6 is 0 Å². The Labute approximate surface area is 173 Å². The van der Waals surface area contributed by atoms with Gasteiger partial charge >= 0.3 is 0 Å². The first-order valence-corrected chi connectivity index (χ1v) is 12.3. The fourth-order valence-corrected chi connectivity index (χ4v) is 7.36. The number of aromatic nitrogens is 1. The van der Waals surface area contributed by atoms with Crippen molar-refractivity contribution in [1.82, 2.24) is 14.2 Å². The number of piperidine rings is 3. The zero-order chi connectivity index (χ0) is 19.8. The smallest absolute Gasteiger partial charge is 0.244 e. The largest absolute Gasteiger partial charge is 0.296 e. The van der Waals surface area contributed by atoms with Gasteiger partial charge in [0.15, 0.2) is 0 Å². The van der Waals surface area contributed by atoms with Crippen molar-refractivity contribution in [2.75, 3.05) is 19.6 Å². The predicted molar refractivity (Wildman–Crippen MR) is 113 cm³/mol. The molecule has 0 aliphatic carbocycles. The quantitative estimate of drug-likeness (QED) is 0.775. The van der Waals surface area contributed by atoms with Crippen LogP contribution in [0.25, 0.3) is 0 Å². The second kappa shape index (κ2) is 7.82. The Bertz CT molecular complexity index is 935. The molecule has 0 N–H and O–H groups in total. The summed E-state index contributed by atoms with van der Waals surface area (Å²) < 4.78 is 28.4. The highest BCUT2D eigenvalue weighted by molar-refractivity contribution is 7.89. The van der Waals surface area contributed by atoms with Gasteiger partial charge in [-0.2, -0.15) is 4.31 Å². The number of hydrogen-bond acceptors (Lipinski definition) is 4. The highest BCUT2D eigenvalue weighted by Gasteiger charge is 2.49. The number of sulfonamides is 1. The lowest BCUT2D eigenvalue weighted by Crippen LogP contribution is -2.64. The molecule has 29 heavy (non-hydrogen) atoms. The van der Waals surface area contributed by atoms with E-state index in [2.05, 4.69) is 40.2 Å². The van der Waals surface area contributed by atoms with Crippen molar-refractivity contribution in [3.63, 3.8) is 0 Å². The zero-order valence-electron chi connectivity index (χ0n) is 16.7. The van der Waals surface area contributed by atoms with Gasteiger partial charge in [-0.3, -0.25) is 9.88 Å². The highest BCUT2D eigenvalue weighted by Crippen LogP contribution is 2.43. The van der Waals surface area contributed by atoms with Gasteiger partial charge in [0.1, 0.15) is 4.90 Å². The van der Waals surface area contributed by atoms with E-state index in [0.717, 1.165) is 19.4 Å². The third-order valence-corrected chi connectivity index (χ3v) is 8.96. The first-order valence-electron chi connectivity index (χ1n) is 10.8. The SMILES string of the molecule is O=S(=O)(c1cccnc1)N1C[C@H]2C[C@@H](C1)[C@H](Cc1ccccc1)N1CCCC[C@@H]21. The standard InChI is InChI=1S/C23H29N3O2S/c27-29(28,21-9-6-11-24-15-21)25-16-19-14-20(17-25)23(13-18-7-2-1-3-8-18)26-12-5-4-10-22(19)26/h1-3,6-9,11,15,19-20,22-23H,4-5,10,12-14,16-17H2/t19-,20+,22+,23+/m1/s1. The summed E-state index contributed by atoms with van der Waals surface area (Å²) in [6.07, 6.45) is 8.99. The molecule has 4 atom stereocenters. The number of benzene rings is 1. The first-order chi connectivity index (χ1) is 14.1. The predicted octanol–water partition coefficient (Wildman–Crippen LogP) is 3.19. The van der Waals surface area contributed by atoms with Crippen LogP contribution in [0.1, 0.15) is 31.2 Å². The number of nitrogens with zero attached hydrogens (tertiary/aromatic N) is 3. The molecule has 3 saturated heterocycles. The molecule has 0 spiro atoms. The summed E-state index contributed by atoms with van der Waals surface area (Å²) in [6.45, 7) is 2.42. The molecular formula is C23H29N3O2S. The number of rotatable bonds is 4. The molecule has 0 saturated carbocycles. The Morgan fingerprint density at radius 2 is 1.83 bits per heavy atom. The molecule has 3 aliphatic rings. The van der Waals surface area contributed by atoms with Crippen molar-refractivity contribution in [1.29, 1.82) is 0 Å². The molecule has 154 valence electrons. The van der Waals surface area contributed by atoms with Gasteiger partial charge in [-0.1, -0.05) is 36.8 Å². The monoisotopic (exact) mass is 411 g/mol. The van der Waals surface area contributed by atoms with Crippen molar-refractivity contribution in [3.8, 4) is 0 Å². The molecule has 6 heteroatoms. The highest BCUT2D eigenvalue weighted by atomic mass is 32.2. The van der Waals surface area contributed by atoms with Crippen molar-refractivity contribution in [2.45, 2.75) is 49.1 Å². The maximum atomic E-state index is 13.3. The normalized spacial score (nSPS) is 30.6. The van der Waals surface area contributed by atoms with Gasteiger partial charge in [0.2, 0.25) is 10.0 Å². The average molecular weight is 412 g/mol. The van der Waals surface area contributed by atoms with Crippen LogP contribution < -0.4 is 0 Å². The van der Waals surface area contributed by atoms with Crippen LogP contribution in [0.3, 0.4) is 0 Å². The zero-order valence-corrected chi connectivity index (χ0v) is 17.5. The number of hydrogen-bond donors (Lipinski definition) is 0. The average Bonchev–Trinajstić information content (AvgIpc) is 2.78. The molecular weight excluding hydrogens is 382 g/mol. The Morgan fingerprint density at radius 1 is 1.00 bits per heavy atom. The van der Waals surface area contributed by atoms with Gasteiger partial charge in [-0.15, -0.1) is 0 Å². The summed E-state index contributed by atoms with van der Waals surface area (Å²) in [4.78, 5) is 7.10. The van der Waals surface area contributed by atoms with E-state index >= 15 is 0 Å². The van der Waals surface area contributed by atoms with Crippen LogP contribution in [0.15, 0.2) is 59.8 Å². The number of pyridine rings is 1. The summed E-state index contributed by atoms with van der Waals surface area (Å²) in [5.74, 6) is 0.822. The summed E-state index contributed by atoms with van der Waals surface area (Å²) in [6, 6.07) is 15.0. The molecule has 0 radical (unpaired) electrons. The van der Waals surface area contributed by atoms with E-state index in [1.54, 1.807) is 22.6 Å². The van der Waals surface area contributed by atoms with Crippen LogP contribution in [0, 0.1) is 11.8 Å². The molecule has 3 aliphatic heterocycles. The molecule has 0 unspecified atom stereocenters. The fourth-order valence-electron chi connectivity index (χ4n) is 5.85. The Balaban J connectivity index is 1.45. The summed E-state index contributed by atoms with van der Waals surface area (Å²) in [5.41, 5.74) is 1.35. The lowest BCUT2D eigenvalue weighted by atomic mass is 9.71.